The number of amides is 1. The predicted molar refractivity (Wildman–Crippen MR) is 116 cm³/mol. The normalized spacial score (nSPS) is 15.7. The Morgan fingerprint density at radius 3 is 2.66 bits per heavy atom. The van der Waals surface area contributed by atoms with Crippen LogP contribution in [0.1, 0.15) is 35.8 Å². The summed E-state index contributed by atoms with van der Waals surface area (Å²) >= 11 is 0. The van der Waals surface area contributed by atoms with Gasteiger partial charge in [0, 0.05) is 25.7 Å². The van der Waals surface area contributed by atoms with E-state index in [9.17, 15) is 4.79 Å². The molecule has 0 spiro atoms. The molecule has 1 aliphatic heterocycles. The molecule has 6 nitrogen and oxygen atoms in total. The lowest BCUT2D eigenvalue weighted by atomic mass is 10.0. The maximum atomic E-state index is 13.2. The maximum absolute atomic E-state index is 13.2. The van der Waals surface area contributed by atoms with Crippen LogP contribution in [-0.4, -0.2) is 51.8 Å². The number of hydrogen-bond acceptors (Lipinski definition) is 4. The van der Waals surface area contributed by atoms with Gasteiger partial charge in [0.25, 0.3) is 5.91 Å². The van der Waals surface area contributed by atoms with Crippen LogP contribution in [0, 0.1) is 12.8 Å². The molecule has 1 aromatic carbocycles. The molecule has 0 radical (unpaired) electrons. The predicted octanol–water partition coefficient (Wildman–Crippen LogP) is 3.41. The molecule has 0 saturated carbocycles. The Labute approximate surface area is 171 Å². The molecule has 0 bridgehead atoms. The molecule has 1 atom stereocenters. The maximum Gasteiger partial charge on any atom is 0.252 e. The fourth-order valence-electron chi connectivity index (χ4n) is 4.21. The quantitative estimate of drug-likeness (QED) is 0.699. The van der Waals surface area contributed by atoms with Gasteiger partial charge in [0.1, 0.15) is 0 Å². The number of fused-ring (bicyclic) bond motifs is 1. The molecule has 1 saturated heterocycles. The zero-order valence-electron chi connectivity index (χ0n) is 17.5. The highest BCUT2D eigenvalue weighted by atomic mass is 16.1. The highest BCUT2D eigenvalue weighted by Crippen LogP contribution is 2.26. The summed E-state index contributed by atoms with van der Waals surface area (Å²) in [5, 5.41) is 8.48. The number of hydrogen-bond donors (Lipinski definition) is 1. The van der Waals surface area contributed by atoms with Crippen molar-refractivity contribution in [3.05, 3.63) is 47.7 Å². The molecule has 4 rings (SSSR count). The number of carbonyl (C=O) groups is 1. The van der Waals surface area contributed by atoms with E-state index in [0.717, 1.165) is 34.5 Å². The van der Waals surface area contributed by atoms with Gasteiger partial charge in [0.15, 0.2) is 5.65 Å². The molecule has 3 aromatic rings. The molecular formula is C23H29N5O. The number of aromatic nitrogens is 3. The SMILES string of the molecule is Cc1nn(C)c2nc(-c3ccccc3)cc(C(=O)NCC(C)CN3CCCC3)c12. The Kier molecular flexibility index (Phi) is 5.62. The second-order valence-corrected chi connectivity index (χ2v) is 8.15. The lowest BCUT2D eigenvalue weighted by Crippen LogP contribution is -2.34. The van der Waals surface area contributed by atoms with Gasteiger partial charge in [-0.15, -0.1) is 0 Å². The van der Waals surface area contributed by atoms with Crippen LogP contribution in [0.25, 0.3) is 22.3 Å². The number of rotatable bonds is 6. The van der Waals surface area contributed by atoms with E-state index in [1.807, 2.05) is 50.4 Å². The van der Waals surface area contributed by atoms with E-state index in [4.69, 9.17) is 4.98 Å². The van der Waals surface area contributed by atoms with Crippen molar-refractivity contribution in [2.24, 2.45) is 13.0 Å². The third-order valence-corrected chi connectivity index (χ3v) is 5.66. The van der Waals surface area contributed by atoms with E-state index in [1.54, 1.807) is 4.68 Å². The number of benzene rings is 1. The summed E-state index contributed by atoms with van der Waals surface area (Å²) in [6.45, 7) is 8.19. The number of carbonyl (C=O) groups excluding carboxylic acids is 1. The summed E-state index contributed by atoms with van der Waals surface area (Å²) in [4.78, 5) is 20.4. The fraction of sp³-hybridized carbons (Fsp3) is 0.435. The molecule has 1 N–H and O–H groups in total. The van der Waals surface area contributed by atoms with Gasteiger partial charge in [-0.3, -0.25) is 9.48 Å². The van der Waals surface area contributed by atoms with Crippen molar-refractivity contribution in [1.82, 2.24) is 25.0 Å². The molecule has 1 unspecified atom stereocenters. The van der Waals surface area contributed by atoms with Crippen molar-refractivity contribution in [3.8, 4) is 11.3 Å². The van der Waals surface area contributed by atoms with Crippen molar-refractivity contribution in [3.63, 3.8) is 0 Å². The molecular weight excluding hydrogens is 362 g/mol. The Bertz CT molecular complexity index is 1010. The lowest BCUT2D eigenvalue weighted by molar-refractivity contribution is 0.0946. The zero-order chi connectivity index (χ0) is 20.4. The second-order valence-electron chi connectivity index (χ2n) is 8.15. The van der Waals surface area contributed by atoms with Crippen LogP contribution in [0.5, 0.6) is 0 Å². The van der Waals surface area contributed by atoms with E-state index < -0.39 is 0 Å². The molecule has 2 aromatic heterocycles. The lowest BCUT2D eigenvalue weighted by Gasteiger charge is -2.20. The van der Waals surface area contributed by atoms with Crippen molar-refractivity contribution < 1.29 is 4.79 Å². The van der Waals surface area contributed by atoms with Gasteiger partial charge in [-0.2, -0.15) is 5.10 Å². The Hall–Kier alpha value is -2.73. The minimum atomic E-state index is -0.0565. The van der Waals surface area contributed by atoms with Crippen LogP contribution in [-0.2, 0) is 7.05 Å². The van der Waals surface area contributed by atoms with Gasteiger partial charge in [-0.25, -0.2) is 4.98 Å². The van der Waals surface area contributed by atoms with E-state index in [-0.39, 0.29) is 5.91 Å². The number of pyridine rings is 1. The van der Waals surface area contributed by atoms with Gasteiger partial charge in [0.05, 0.1) is 22.3 Å². The minimum absolute atomic E-state index is 0.0565. The van der Waals surface area contributed by atoms with Crippen LogP contribution >= 0.6 is 0 Å². The van der Waals surface area contributed by atoms with Gasteiger partial charge < -0.3 is 10.2 Å². The van der Waals surface area contributed by atoms with Crippen molar-refractivity contribution >= 4 is 16.9 Å². The Morgan fingerprint density at radius 1 is 1.21 bits per heavy atom. The Balaban J connectivity index is 1.60. The second kappa shape index (κ2) is 8.33. The number of likely N-dealkylation sites (tertiary alicyclic amines) is 1. The highest BCUT2D eigenvalue weighted by Gasteiger charge is 2.20. The van der Waals surface area contributed by atoms with Gasteiger partial charge in [-0.05, 0) is 44.8 Å². The standard InChI is InChI=1S/C23H29N5O/c1-16(15-28-11-7-8-12-28)14-24-23(29)19-13-20(18-9-5-4-6-10-18)25-22-21(19)17(2)26-27(22)3/h4-6,9-10,13,16H,7-8,11-12,14-15H2,1-3H3,(H,24,29). The monoisotopic (exact) mass is 391 g/mol. The summed E-state index contributed by atoms with van der Waals surface area (Å²) in [6.07, 6.45) is 2.58. The van der Waals surface area contributed by atoms with Gasteiger partial charge >= 0.3 is 0 Å². The molecule has 1 aliphatic rings. The van der Waals surface area contributed by atoms with Crippen LogP contribution in [0.3, 0.4) is 0 Å². The smallest absolute Gasteiger partial charge is 0.252 e. The van der Waals surface area contributed by atoms with Crippen molar-refractivity contribution in [2.45, 2.75) is 26.7 Å². The summed E-state index contributed by atoms with van der Waals surface area (Å²) in [7, 11) is 1.87. The van der Waals surface area contributed by atoms with Crippen LogP contribution in [0.15, 0.2) is 36.4 Å². The van der Waals surface area contributed by atoms with E-state index in [2.05, 4.69) is 22.2 Å². The number of aryl methyl sites for hydroxylation is 2. The largest absolute Gasteiger partial charge is 0.352 e. The molecule has 1 amide bonds. The first-order chi connectivity index (χ1) is 14.0. The van der Waals surface area contributed by atoms with Crippen molar-refractivity contribution in [1.29, 1.82) is 0 Å². The first kappa shape index (κ1) is 19.6. The van der Waals surface area contributed by atoms with Crippen LogP contribution < -0.4 is 5.32 Å². The van der Waals surface area contributed by atoms with Crippen molar-refractivity contribution in [2.75, 3.05) is 26.2 Å². The first-order valence-corrected chi connectivity index (χ1v) is 10.4. The van der Waals surface area contributed by atoms with E-state index in [1.165, 1.54) is 25.9 Å². The van der Waals surface area contributed by atoms with Gasteiger partial charge in [0.2, 0.25) is 0 Å². The topological polar surface area (TPSA) is 63.1 Å². The van der Waals surface area contributed by atoms with E-state index >= 15 is 0 Å². The third-order valence-electron chi connectivity index (χ3n) is 5.66. The average Bonchev–Trinajstić information content (AvgIpc) is 3.34. The van der Waals surface area contributed by atoms with Crippen LogP contribution in [0.4, 0.5) is 0 Å². The van der Waals surface area contributed by atoms with Gasteiger partial charge in [-0.1, -0.05) is 37.3 Å². The van der Waals surface area contributed by atoms with E-state index in [0.29, 0.717) is 18.0 Å². The summed E-state index contributed by atoms with van der Waals surface area (Å²) in [5.74, 6) is 0.358. The summed E-state index contributed by atoms with van der Waals surface area (Å²) in [5.41, 5.74) is 3.98. The first-order valence-electron chi connectivity index (χ1n) is 10.4. The molecule has 6 heteroatoms. The zero-order valence-corrected chi connectivity index (χ0v) is 17.5. The molecule has 3 heterocycles. The average molecular weight is 392 g/mol. The fourth-order valence-corrected chi connectivity index (χ4v) is 4.21. The summed E-state index contributed by atoms with van der Waals surface area (Å²) < 4.78 is 1.75. The highest BCUT2D eigenvalue weighted by molar-refractivity contribution is 6.07. The van der Waals surface area contributed by atoms with Crippen LogP contribution in [0.2, 0.25) is 0 Å². The molecule has 1 fully saturated rings. The molecule has 152 valence electrons. The Morgan fingerprint density at radius 2 is 1.93 bits per heavy atom. The molecule has 29 heavy (non-hydrogen) atoms. The number of nitrogens with one attached hydrogen (secondary N) is 1. The number of nitrogens with zero attached hydrogens (tertiary/aromatic N) is 4. The minimum Gasteiger partial charge on any atom is -0.352 e. The summed E-state index contributed by atoms with van der Waals surface area (Å²) in [6, 6.07) is 11.9. The third kappa shape index (κ3) is 4.17. The molecule has 0 aliphatic carbocycles.